The van der Waals surface area contributed by atoms with E-state index in [9.17, 15) is 4.79 Å². The molecule has 70 valence electrons. The Hall–Kier alpha value is -0.940. The van der Waals surface area contributed by atoms with Crippen LogP contribution in [0.2, 0.25) is 0 Å². The lowest BCUT2D eigenvalue weighted by Crippen LogP contribution is -2.31. The summed E-state index contributed by atoms with van der Waals surface area (Å²) < 4.78 is 0.825. The van der Waals surface area contributed by atoms with Gasteiger partial charge in [0, 0.05) is 16.9 Å². The van der Waals surface area contributed by atoms with Crippen LogP contribution in [0.15, 0.2) is 22.9 Å². The molecule has 0 bridgehead atoms. The molecule has 1 rings (SSSR count). The number of nitrogens with one attached hydrogen (secondary N) is 1. The number of nitrogens with zero attached hydrogens (tertiary/aromatic N) is 1. The molecule has 1 unspecified atom stereocenters. The molecule has 0 spiro atoms. The number of halogens is 1. The molecule has 1 aromatic heterocycles. The van der Waals surface area contributed by atoms with Gasteiger partial charge in [-0.25, -0.2) is 0 Å². The fraction of sp³-hybridized carbons (Fsp3) is 0.250. The Morgan fingerprint density at radius 3 is 2.85 bits per heavy atom. The standard InChI is InChI=1S/C8H10BrN3O/c1-11-7(8(10)13)5-2-6(9)4-12-3-5/h2-4,7,11H,1H3,(H2,10,13). The third kappa shape index (κ3) is 2.50. The zero-order valence-electron chi connectivity index (χ0n) is 7.12. The molecule has 0 aliphatic rings. The van der Waals surface area contributed by atoms with E-state index in [0.29, 0.717) is 0 Å². The molecule has 1 amide bonds. The van der Waals surface area contributed by atoms with Crippen LogP contribution in [-0.4, -0.2) is 17.9 Å². The molecule has 3 N–H and O–H groups in total. The first-order valence-corrected chi connectivity index (χ1v) is 4.51. The second-order valence-corrected chi connectivity index (χ2v) is 3.48. The van der Waals surface area contributed by atoms with Crippen LogP contribution in [0.1, 0.15) is 11.6 Å². The average Bonchev–Trinajstić information content (AvgIpc) is 2.04. The highest BCUT2D eigenvalue weighted by molar-refractivity contribution is 9.10. The van der Waals surface area contributed by atoms with Gasteiger partial charge in [-0.05, 0) is 34.6 Å². The second-order valence-electron chi connectivity index (χ2n) is 2.56. The second kappa shape index (κ2) is 4.34. The Kier molecular flexibility index (Phi) is 3.39. The van der Waals surface area contributed by atoms with Crippen LogP contribution in [-0.2, 0) is 4.79 Å². The van der Waals surface area contributed by atoms with Gasteiger partial charge in [0.15, 0.2) is 0 Å². The van der Waals surface area contributed by atoms with Gasteiger partial charge in [-0.15, -0.1) is 0 Å². The van der Waals surface area contributed by atoms with Gasteiger partial charge in [-0.1, -0.05) is 0 Å². The van der Waals surface area contributed by atoms with Gasteiger partial charge in [-0.2, -0.15) is 0 Å². The van der Waals surface area contributed by atoms with Gasteiger partial charge >= 0.3 is 0 Å². The first kappa shape index (κ1) is 10.1. The number of likely N-dealkylation sites (N-methyl/N-ethyl adjacent to an activating group) is 1. The molecule has 0 fully saturated rings. The van der Waals surface area contributed by atoms with E-state index in [2.05, 4.69) is 26.2 Å². The highest BCUT2D eigenvalue weighted by atomic mass is 79.9. The van der Waals surface area contributed by atoms with E-state index in [1.54, 1.807) is 25.5 Å². The smallest absolute Gasteiger partial charge is 0.239 e. The molecule has 1 aromatic rings. The van der Waals surface area contributed by atoms with E-state index < -0.39 is 11.9 Å². The number of nitrogens with two attached hydrogens (primary N) is 1. The molecule has 1 atom stereocenters. The molecule has 1 heterocycles. The van der Waals surface area contributed by atoms with Gasteiger partial charge in [0.05, 0.1) is 0 Å². The Labute approximate surface area is 84.7 Å². The van der Waals surface area contributed by atoms with Crippen molar-refractivity contribution < 1.29 is 4.79 Å². The highest BCUT2D eigenvalue weighted by Crippen LogP contribution is 2.15. The van der Waals surface area contributed by atoms with E-state index >= 15 is 0 Å². The normalized spacial score (nSPS) is 12.5. The maximum atomic E-state index is 11.0. The van der Waals surface area contributed by atoms with Gasteiger partial charge in [0.2, 0.25) is 5.91 Å². The molecule has 0 aromatic carbocycles. The average molecular weight is 244 g/mol. The predicted octanol–water partition coefficient (Wildman–Crippen LogP) is 0.590. The van der Waals surface area contributed by atoms with Crippen LogP contribution < -0.4 is 11.1 Å². The number of aromatic nitrogens is 1. The summed E-state index contributed by atoms with van der Waals surface area (Å²) in [5, 5.41) is 2.81. The van der Waals surface area contributed by atoms with Gasteiger partial charge in [0.1, 0.15) is 6.04 Å². The quantitative estimate of drug-likeness (QED) is 0.817. The fourth-order valence-corrected chi connectivity index (χ4v) is 1.44. The molecular weight excluding hydrogens is 234 g/mol. The van der Waals surface area contributed by atoms with E-state index in [-0.39, 0.29) is 0 Å². The first-order chi connectivity index (χ1) is 6.15. The summed E-state index contributed by atoms with van der Waals surface area (Å²) in [4.78, 5) is 14.9. The third-order valence-corrected chi connectivity index (χ3v) is 2.07. The molecule has 0 saturated carbocycles. The number of hydrogen-bond donors (Lipinski definition) is 2. The predicted molar refractivity (Wildman–Crippen MR) is 52.9 cm³/mol. The van der Waals surface area contributed by atoms with Gasteiger partial charge < -0.3 is 11.1 Å². The summed E-state index contributed by atoms with van der Waals surface area (Å²) in [6.45, 7) is 0. The number of rotatable bonds is 3. The third-order valence-electron chi connectivity index (χ3n) is 1.63. The number of pyridine rings is 1. The van der Waals surface area contributed by atoms with Crippen molar-refractivity contribution in [2.45, 2.75) is 6.04 Å². The Morgan fingerprint density at radius 1 is 1.69 bits per heavy atom. The number of carbonyl (C=O) groups is 1. The number of carbonyl (C=O) groups excluding carboxylic acids is 1. The summed E-state index contributed by atoms with van der Waals surface area (Å²) in [6.07, 6.45) is 3.26. The number of amides is 1. The van der Waals surface area contributed by atoms with Crippen LogP contribution in [0.4, 0.5) is 0 Å². The van der Waals surface area contributed by atoms with Crippen LogP contribution in [0.3, 0.4) is 0 Å². The highest BCUT2D eigenvalue weighted by Gasteiger charge is 2.15. The van der Waals surface area contributed by atoms with Crippen molar-refractivity contribution in [3.63, 3.8) is 0 Å². The lowest BCUT2D eigenvalue weighted by atomic mass is 10.1. The first-order valence-electron chi connectivity index (χ1n) is 3.72. The lowest BCUT2D eigenvalue weighted by molar-refractivity contribution is -0.120. The summed E-state index contributed by atoms with van der Waals surface area (Å²) in [7, 11) is 1.68. The molecule has 4 nitrogen and oxygen atoms in total. The molecule has 0 radical (unpaired) electrons. The van der Waals surface area contributed by atoms with Crippen molar-refractivity contribution in [2.24, 2.45) is 5.73 Å². The van der Waals surface area contributed by atoms with Crippen molar-refractivity contribution in [2.75, 3.05) is 7.05 Å². The topological polar surface area (TPSA) is 68.0 Å². The van der Waals surface area contributed by atoms with Crippen molar-refractivity contribution in [1.82, 2.24) is 10.3 Å². The maximum Gasteiger partial charge on any atom is 0.239 e. The van der Waals surface area contributed by atoms with E-state index in [1.165, 1.54) is 0 Å². The van der Waals surface area contributed by atoms with E-state index in [1.807, 2.05) is 0 Å². The fourth-order valence-electron chi connectivity index (χ4n) is 1.06. The van der Waals surface area contributed by atoms with Crippen LogP contribution in [0.25, 0.3) is 0 Å². The van der Waals surface area contributed by atoms with Crippen molar-refractivity contribution in [1.29, 1.82) is 0 Å². The molecule has 0 saturated heterocycles. The molecule has 13 heavy (non-hydrogen) atoms. The van der Waals surface area contributed by atoms with Crippen LogP contribution >= 0.6 is 15.9 Å². The largest absolute Gasteiger partial charge is 0.368 e. The maximum absolute atomic E-state index is 11.0. The lowest BCUT2D eigenvalue weighted by Gasteiger charge is -2.11. The van der Waals surface area contributed by atoms with Gasteiger partial charge in [-0.3, -0.25) is 9.78 Å². The van der Waals surface area contributed by atoms with Crippen LogP contribution in [0.5, 0.6) is 0 Å². The van der Waals surface area contributed by atoms with E-state index in [0.717, 1.165) is 10.0 Å². The summed E-state index contributed by atoms with van der Waals surface area (Å²) in [5.41, 5.74) is 5.94. The van der Waals surface area contributed by atoms with Crippen molar-refractivity contribution in [3.8, 4) is 0 Å². The minimum Gasteiger partial charge on any atom is -0.368 e. The minimum absolute atomic E-state index is 0.414. The zero-order valence-corrected chi connectivity index (χ0v) is 8.71. The zero-order chi connectivity index (χ0) is 9.84. The summed E-state index contributed by atoms with van der Waals surface area (Å²) in [5.74, 6) is -0.414. The van der Waals surface area contributed by atoms with Crippen molar-refractivity contribution >= 4 is 21.8 Å². The number of primary amides is 1. The molecule has 0 aliphatic heterocycles. The van der Waals surface area contributed by atoms with Crippen LogP contribution in [0, 0.1) is 0 Å². The monoisotopic (exact) mass is 243 g/mol. The Morgan fingerprint density at radius 2 is 2.38 bits per heavy atom. The van der Waals surface area contributed by atoms with E-state index in [4.69, 9.17) is 5.73 Å². The number of hydrogen-bond acceptors (Lipinski definition) is 3. The van der Waals surface area contributed by atoms with Gasteiger partial charge in [0.25, 0.3) is 0 Å². The minimum atomic E-state index is -0.481. The SMILES string of the molecule is CNC(C(N)=O)c1cncc(Br)c1. The summed E-state index contributed by atoms with van der Waals surface area (Å²) >= 11 is 3.27. The Balaban J connectivity index is 2.98. The van der Waals surface area contributed by atoms with Crippen molar-refractivity contribution in [3.05, 3.63) is 28.5 Å². The molecular formula is C8H10BrN3O. The molecule has 5 heteroatoms. The Bertz CT molecular complexity index is 316. The molecule has 0 aliphatic carbocycles. The summed E-state index contributed by atoms with van der Waals surface area (Å²) in [6, 6.07) is 1.32.